The van der Waals surface area contributed by atoms with Crippen LogP contribution >= 0.6 is 0 Å². The second kappa shape index (κ2) is 5.75. The van der Waals surface area contributed by atoms with Crippen LogP contribution in [0, 0.1) is 0 Å². The molecular formula is C15H21FN6O3. The van der Waals surface area contributed by atoms with Crippen LogP contribution in [0.2, 0.25) is 0 Å². The number of fused-ring (bicyclic) bond motifs is 1. The molecule has 0 unspecified atom stereocenters. The Labute approximate surface area is 143 Å². The zero-order chi connectivity index (χ0) is 17.8. The van der Waals surface area contributed by atoms with Gasteiger partial charge in [-0.1, -0.05) is 0 Å². The van der Waals surface area contributed by atoms with Gasteiger partial charge in [-0.15, -0.1) is 0 Å². The number of alkyl halides is 1. The lowest BCUT2D eigenvalue weighted by Crippen LogP contribution is -2.40. The number of aliphatic hydroxyl groups is 2. The number of rotatable bonds is 4. The largest absolute Gasteiger partial charge is 0.394 e. The molecule has 1 aliphatic heterocycles. The van der Waals surface area contributed by atoms with E-state index in [1.54, 1.807) is 0 Å². The SMILES string of the molecule is C[C@@]1(F)[C@H](O)[C@@H](CO)O[C@H]1n1cnc2c(NC3CCC3)nc(N)nc21. The Morgan fingerprint density at radius 1 is 1.48 bits per heavy atom. The Hall–Kier alpha value is -2.04. The summed E-state index contributed by atoms with van der Waals surface area (Å²) in [4.78, 5) is 12.7. The van der Waals surface area contributed by atoms with Crippen LogP contribution in [0.25, 0.3) is 11.2 Å². The van der Waals surface area contributed by atoms with Gasteiger partial charge in [-0.3, -0.25) is 4.57 Å². The Kier molecular flexibility index (Phi) is 3.78. The van der Waals surface area contributed by atoms with E-state index in [0.29, 0.717) is 23.0 Å². The van der Waals surface area contributed by atoms with E-state index >= 15 is 4.39 Å². The van der Waals surface area contributed by atoms with Gasteiger partial charge in [-0.05, 0) is 26.2 Å². The number of nitrogens with zero attached hydrogens (tertiary/aromatic N) is 4. The number of aliphatic hydroxyl groups excluding tert-OH is 2. The van der Waals surface area contributed by atoms with Crippen molar-refractivity contribution in [2.75, 3.05) is 17.7 Å². The number of nitrogens with one attached hydrogen (secondary N) is 1. The fourth-order valence-corrected chi connectivity index (χ4v) is 3.31. The summed E-state index contributed by atoms with van der Waals surface area (Å²) in [6.07, 6.45) is 0.966. The van der Waals surface area contributed by atoms with E-state index in [0.717, 1.165) is 19.3 Å². The van der Waals surface area contributed by atoms with Crippen LogP contribution < -0.4 is 11.1 Å². The van der Waals surface area contributed by atoms with Crippen LogP contribution in [0.15, 0.2) is 6.33 Å². The maximum Gasteiger partial charge on any atom is 0.224 e. The molecule has 4 atom stereocenters. The number of halogens is 1. The number of hydrogen-bond donors (Lipinski definition) is 4. The molecule has 1 saturated heterocycles. The molecule has 3 heterocycles. The summed E-state index contributed by atoms with van der Waals surface area (Å²) in [6.45, 7) is 0.733. The van der Waals surface area contributed by atoms with Gasteiger partial charge in [0.05, 0.1) is 12.9 Å². The highest BCUT2D eigenvalue weighted by Crippen LogP contribution is 2.42. The van der Waals surface area contributed by atoms with E-state index in [9.17, 15) is 10.2 Å². The fraction of sp³-hybridized carbons (Fsp3) is 0.667. The topological polar surface area (TPSA) is 131 Å². The van der Waals surface area contributed by atoms with Gasteiger partial charge in [-0.25, -0.2) is 9.37 Å². The Bertz CT molecular complexity index is 793. The number of imidazole rings is 1. The fourth-order valence-electron chi connectivity index (χ4n) is 3.31. The number of anilines is 2. The third-order valence-electron chi connectivity index (χ3n) is 5.03. The molecule has 5 N–H and O–H groups in total. The quantitative estimate of drug-likeness (QED) is 0.620. The highest BCUT2D eigenvalue weighted by molar-refractivity contribution is 5.84. The highest BCUT2D eigenvalue weighted by atomic mass is 19.1. The summed E-state index contributed by atoms with van der Waals surface area (Å²) in [5, 5.41) is 22.6. The first-order valence-electron chi connectivity index (χ1n) is 8.31. The van der Waals surface area contributed by atoms with Gasteiger partial charge in [0.2, 0.25) is 5.95 Å². The minimum absolute atomic E-state index is 0.0360. The van der Waals surface area contributed by atoms with Gasteiger partial charge < -0.3 is 26.0 Å². The monoisotopic (exact) mass is 352 g/mol. The van der Waals surface area contributed by atoms with Gasteiger partial charge in [0, 0.05) is 6.04 Å². The molecule has 10 heteroatoms. The first-order valence-corrected chi connectivity index (χ1v) is 8.31. The lowest BCUT2D eigenvalue weighted by molar-refractivity contribution is -0.0566. The molecule has 25 heavy (non-hydrogen) atoms. The molecule has 9 nitrogen and oxygen atoms in total. The predicted octanol–water partition coefficient (Wildman–Crippen LogP) is 0.352. The molecule has 1 saturated carbocycles. The van der Waals surface area contributed by atoms with E-state index in [1.165, 1.54) is 17.8 Å². The van der Waals surface area contributed by atoms with Crippen molar-refractivity contribution < 1.29 is 19.3 Å². The zero-order valence-electron chi connectivity index (χ0n) is 13.8. The van der Waals surface area contributed by atoms with Crippen LogP contribution in [-0.4, -0.2) is 60.3 Å². The van der Waals surface area contributed by atoms with Crippen molar-refractivity contribution in [2.45, 2.75) is 56.3 Å². The van der Waals surface area contributed by atoms with Crippen LogP contribution in [-0.2, 0) is 4.74 Å². The van der Waals surface area contributed by atoms with Crippen molar-refractivity contribution in [3.05, 3.63) is 6.33 Å². The van der Waals surface area contributed by atoms with E-state index < -0.39 is 30.7 Å². The number of nitrogens with two attached hydrogens (primary N) is 1. The molecule has 0 spiro atoms. The van der Waals surface area contributed by atoms with Crippen molar-refractivity contribution in [3.63, 3.8) is 0 Å². The normalized spacial score (nSPS) is 32.9. The van der Waals surface area contributed by atoms with Gasteiger partial charge in [0.15, 0.2) is 28.9 Å². The second-order valence-corrected chi connectivity index (χ2v) is 6.83. The van der Waals surface area contributed by atoms with E-state index in [-0.39, 0.29) is 5.95 Å². The van der Waals surface area contributed by atoms with Crippen LogP contribution in [0.1, 0.15) is 32.4 Å². The van der Waals surface area contributed by atoms with E-state index in [2.05, 4.69) is 20.3 Å². The van der Waals surface area contributed by atoms with Crippen LogP contribution in [0.5, 0.6) is 0 Å². The summed E-state index contributed by atoms with van der Waals surface area (Å²) in [6, 6.07) is 0.317. The van der Waals surface area contributed by atoms with E-state index in [4.69, 9.17) is 10.5 Å². The first-order chi connectivity index (χ1) is 11.9. The summed E-state index contributed by atoms with van der Waals surface area (Å²) in [5.74, 6) is 0.539. The number of nitrogen functional groups attached to an aromatic ring is 1. The lowest BCUT2D eigenvalue weighted by Gasteiger charge is -2.27. The molecule has 0 bridgehead atoms. The Morgan fingerprint density at radius 2 is 2.24 bits per heavy atom. The highest BCUT2D eigenvalue weighted by Gasteiger charge is 2.55. The zero-order valence-corrected chi connectivity index (χ0v) is 13.8. The minimum atomic E-state index is -2.12. The molecule has 0 radical (unpaired) electrons. The maximum atomic E-state index is 15.0. The summed E-state index contributed by atoms with van der Waals surface area (Å²) < 4.78 is 21.9. The lowest BCUT2D eigenvalue weighted by atomic mass is 9.93. The van der Waals surface area contributed by atoms with Crippen molar-refractivity contribution in [1.82, 2.24) is 19.5 Å². The van der Waals surface area contributed by atoms with Crippen molar-refractivity contribution in [1.29, 1.82) is 0 Å². The molecule has 2 aromatic heterocycles. The Balaban J connectivity index is 1.76. The third kappa shape index (κ3) is 2.52. The predicted molar refractivity (Wildman–Crippen MR) is 87.5 cm³/mol. The molecule has 0 amide bonds. The molecule has 2 fully saturated rings. The molecule has 4 rings (SSSR count). The van der Waals surface area contributed by atoms with Gasteiger partial charge in [-0.2, -0.15) is 9.97 Å². The van der Waals surface area contributed by atoms with Crippen LogP contribution in [0.3, 0.4) is 0 Å². The summed E-state index contributed by atoms with van der Waals surface area (Å²) in [7, 11) is 0. The average molecular weight is 352 g/mol. The molecule has 1 aliphatic carbocycles. The molecule has 136 valence electrons. The summed E-state index contributed by atoms with van der Waals surface area (Å²) >= 11 is 0. The minimum Gasteiger partial charge on any atom is -0.394 e. The summed E-state index contributed by atoms with van der Waals surface area (Å²) in [5.41, 5.74) is 4.46. The van der Waals surface area contributed by atoms with Crippen molar-refractivity contribution in [2.24, 2.45) is 0 Å². The van der Waals surface area contributed by atoms with Gasteiger partial charge in [0.1, 0.15) is 12.2 Å². The smallest absolute Gasteiger partial charge is 0.224 e. The maximum absolute atomic E-state index is 15.0. The van der Waals surface area contributed by atoms with E-state index in [1.807, 2.05) is 0 Å². The van der Waals surface area contributed by atoms with Crippen molar-refractivity contribution in [3.8, 4) is 0 Å². The number of ether oxygens (including phenoxy) is 1. The molecule has 0 aromatic carbocycles. The molecule has 2 aromatic rings. The van der Waals surface area contributed by atoms with Crippen molar-refractivity contribution >= 4 is 22.9 Å². The molecular weight excluding hydrogens is 331 g/mol. The third-order valence-corrected chi connectivity index (χ3v) is 5.03. The number of hydrogen-bond acceptors (Lipinski definition) is 8. The average Bonchev–Trinajstić information content (AvgIpc) is 3.03. The molecule has 2 aliphatic rings. The van der Waals surface area contributed by atoms with Gasteiger partial charge >= 0.3 is 0 Å². The number of aromatic nitrogens is 4. The second-order valence-electron chi connectivity index (χ2n) is 6.83. The van der Waals surface area contributed by atoms with Crippen LogP contribution in [0.4, 0.5) is 16.2 Å². The van der Waals surface area contributed by atoms with Gasteiger partial charge in [0.25, 0.3) is 0 Å². The Morgan fingerprint density at radius 3 is 2.84 bits per heavy atom. The first kappa shape index (κ1) is 16.4. The standard InChI is InChI=1S/C15H21FN6O3/c1-15(16)10(24)8(5-23)25-13(15)22-6-18-9-11(19-7-3-2-4-7)20-14(17)21-12(9)22/h6-8,10,13,23-24H,2-5H2,1H3,(H3,17,19,20,21)/t8-,10-,13-,15-/m1/s1.